The van der Waals surface area contributed by atoms with E-state index in [0.29, 0.717) is 0 Å². The van der Waals surface area contributed by atoms with Gasteiger partial charge in [-0.2, -0.15) is 5.10 Å². The van der Waals surface area contributed by atoms with Gasteiger partial charge >= 0.3 is 6.09 Å². The molecule has 0 bridgehead atoms. The van der Waals surface area contributed by atoms with Gasteiger partial charge in [-0.1, -0.05) is 0 Å². The second-order valence-corrected chi connectivity index (χ2v) is 6.44. The first-order valence-corrected chi connectivity index (χ1v) is 7.63. The van der Waals surface area contributed by atoms with Gasteiger partial charge in [0.15, 0.2) is 0 Å². The van der Waals surface area contributed by atoms with Crippen molar-refractivity contribution in [3.63, 3.8) is 0 Å². The Bertz CT molecular complexity index is 512. The van der Waals surface area contributed by atoms with Crippen molar-refractivity contribution in [1.29, 1.82) is 0 Å². The van der Waals surface area contributed by atoms with E-state index >= 15 is 0 Å². The third kappa shape index (κ3) is 7.40. The van der Waals surface area contributed by atoms with E-state index < -0.39 is 30.7 Å². The third-order valence-electron chi connectivity index (χ3n) is 3.03. The molecular weight excluding hydrogens is 306 g/mol. The molecule has 0 radical (unpaired) electrons. The van der Waals surface area contributed by atoms with Gasteiger partial charge in [-0.05, 0) is 34.6 Å². The first kappa shape index (κ1) is 19.3. The van der Waals surface area contributed by atoms with Crippen LogP contribution in [0.15, 0.2) is 12.4 Å². The Balaban J connectivity index is 2.41. The quantitative estimate of drug-likeness (QED) is 0.805. The van der Waals surface area contributed by atoms with E-state index in [-0.39, 0.29) is 6.04 Å². The maximum absolute atomic E-state index is 13.8. The average molecular weight is 332 g/mol. The molecule has 2 N–H and O–H groups in total. The zero-order valence-corrected chi connectivity index (χ0v) is 14.3. The number of alkyl carbamates (subject to hydrolysis) is 1. The lowest BCUT2D eigenvalue weighted by molar-refractivity contribution is -0.00525. The second kappa shape index (κ2) is 7.72. The van der Waals surface area contributed by atoms with Gasteiger partial charge in [0.05, 0.1) is 19.3 Å². The van der Waals surface area contributed by atoms with E-state index in [1.165, 1.54) is 0 Å². The van der Waals surface area contributed by atoms with Crippen LogP contribution in [0.3, 0.4) is 0 Å². The molecule has 132 valence electrons. The van der Waals surface area contributed by atoms with Crippen molar-refractivity contribution < 1.29 is 18.3 Å². The van der Waals surface area contributed by atoms with Gasteiger partial charge in [0.1, 0.15) is 5.60 Å². The fraction of sp³-hybridized carbons (Fsp3) is 0.733. The lowest BCUT2D eigenvalue weighted by atomic mass is 10.2. The molecule has 1 rings (SSSR count). The molecule has 0 aliphatic carbocycles. The topological polar surface area (TPSA) is 68.2 Å². The number of alkyl halides is 2. The smallest absolute Gasteiger partial charge is 0.407 e. The maximum atomic E-state index is 13.8. The van der Waals surface area contributed by atoms with Gasteiger partial charge < -0.3 is 15.4 Å². The Morgan fingerprint density at radius 2 is 2.04 bits per heavy atom. The molecule has 23 heavy (non-hydrogen) atoms. The number of ether oxygens (including phenoxy) is 1. The van der Waals surface area contributed by atoms with Crippen LogP contribution in [0.5, 0.6) is 0 Å². The standard InChI is InChI=1S/C15H26F2N4O2/c1-6-21-8-12(7-20-21)11(2)18-9-15(16,17)10-19-13(22)23-14(3,4)5/h7-8,11,18H,6,9-10H2,1-5H3,(H,19,22). The number of nitrogens with one attached hydrogen (secondary N) is 2. The summed E-state index contributed by atoms with van der Waals surface area (Å²) in [6.07, 6.45) is 2.61. The molecule has 1 aromatic rings. The van der Waals surface area contributed by atoms with Crippen LogP contribution in [0.1, 0.15) is 46.2 Å². The number of carbonyl (C=O) groups excluding carboxylic acids is 1. The number of amides is 1. The van der Waals surface area contributed by atoms with Crippen molar-refractivity contribution in [3.05, 3.63) is 18.0 Å². The van der Waals surface area contributed by atoms with Crippen molar-refractivity contribution in [3.8, 4) is 0 Å². The molecule has 1 atom stereocenters. The predicted octanol–water partition coefficient (Wildman–Crippen LogP) is 2.71. The van der Waals surface area contributed by atoms with Crippen LogP contribution < -0.4 is 10.6 Å². The zero-order chi connectivity index (χ0) is 17.7. The molecule has 0 aliphatic heterocycles. The molecule has 1 aromatic heterocycles. The van der Waals surface area contributed by atoms with Gasteiger partial charge in [-0.25, -0.2) is 13.6 Å². The molecule has 6 nitrogen and oxygen atoms in total. The Labute approximate surface area is 135 Å². The maximum Gasteiger partial charge on any atom is 0.407 e. The Hall–Kier alpha value is -1.70. The van der Waals surface area contributed by atoms with Gasteiger partial charge in [-0.15, -0.1) is 0 Å². The minimum absolute atomic E-state index is 0.261. The first-order chi connectivity index (χ1) is 10.5. The van der Waals surface area contributed by atoms with E-state index in [2.05, 4.69) is 15.7 Å². The molecule has 8 heteroatoms. The molecule has 0 saturated heterocycles. The fourth-order valence-corrected chi connectivity index (χ4v) is 1.77. The lowest BCUT2D eigenvalue weighted by Crippen LogP contribution is -2.45. The first-order valence-electron chi connectivity index (χ1n) is 7.63. The number of rotatable bonds is 7. The summed E-state index contributed by atoms with van der Waals surface area (Å²) in [6.45, 7) is 8.14. The normalized spacial score (nSPS) is 13.7. The molecule has 0 aliphatic rings. The molecule has 0 saturated carbocycles. The molecule has 1 unspecified atom stereocenters. The predicted molar refractivity (Wildman–Crippen MR) is 83.5 cm³/mol. The highest BCUT2D eigenvalue weighted by molar-refractivity contribution is 5.67. The Morgan fingerprint density at radius 3 is 2.57 bits per heavy atom. The number of hydrogen-bond acceptors (Lipinski definition) is 4. The van der Waals surface area contributed by atoms with E-state index in [9.17, 15) is 13.6 Å². The van der Waals surface area contributed by atoms with E-state index in [1.54, 1.807) is 38.6 Å². The number of hydrogen-bond donors (Lipinski definition) is 2. The van der Waals surface area contributed by atoms with Crippen molar-refractivity contribution in [2.75, 3.05) is 13.1 Å². The summed E-state index contributed by atoms with van der Waals surface area (Å²) in [5.74, 6) is -3.08. The summed E-state index contributed by atoms with van der Waals surface area (Å²) >= 11 is 0. The summed E-state index contributed by atoms with van der Waals surface area (Å²) < 4.78 is 34.3. The highest BCUT2D eigenvalue weighted by Gasteiger charge is 2.31. The number of aryl methyl sites for hydroxylation is 1. The number of halogens is 2. The highest BCUT2D eigenvalue weighted by atomic mass is 19.3. The molecular formula is C15H26F2N4O2. The largest absolute Gasteiger partial charge is 0.444 e. The van der Waals surface area contributed by atoms with Crippen molar-refractivity contribution in [1.82, 2.24) is 20.4 Å². The van der Waals surface area contributed by atoms with Crippen molar-refractivity contribution in [2.24, 2.45) is 0 Å². The molecule has 0 spiro atoms. The monoisotopic (exact) mass is 332 g/mol. The average Bonchev–Trinajstić information content (AvgIpc) is 2.90. The summed E-state index contributed by atoms with van der Waals surface area (Å²) in [5, 5.41) is 8.95. The van der Waals surface area contributed by atoms with Gasteiger partial charge in [-0.3, -0.25) is 4.68 Å². The number of nitrogens with zero attached hydrogens (tertiary/aromatic N) is 2. The number of aromatic nitrogens is 2. The van der Waals surface area contributed by atoms with Gasteiger partial charge in [0, 0.05) is 24.3 Å². The van der Waals surface area contributed by atoms with Crippen LogP contribution in [0.25, 0.3) is 0 Å². The van der Waals surface area contributed by atoms with Crippen LogP contribution in [-0.2, 0) is 11.3 Å². The van der Waals surface area contributed by atoms with E-state index in [0.717, 1.165) is 12.1 Å². The fourth-order valence-electron chi connectivity index (χ4n) is 1.77. The van der Waals surface area contributed by atoms with Crippen molar-refractivity contribution in [2.45, 2.75) is 58.7 Å². The minimum atomic E-state index is -3.08. The van der Waals surface area contributed by atoms with Crippen LogP contribution in [0.2, 0.25) is 0 Å². The second-order valence-electron chi connectivity index (χ2n) is 6.44. The molecule has 1 heterocycles. The molecule has 1 amide bonds. The van der Waals surface area contributed by atoms with Gasteiger partial charge in [0.25, 0.3) is 5.92 Å². The van der Waals surface area contributed by atoms with Crippen LogP contribution in [0, 0.1) is 0 Å². The highest BCUT2D eigenvalue weighted by Crippen LogP contribution is 2.16. The van der Waals surface area contributed by atoms with Gasteiger partial charge in [0.2, 0.25) is 0 Å². The molecule has 0 fully saturated rings. The van der Waals surface area contributed by atoms with Crippen LogP contribution >= 0.6 is 0 Å². The van der Waals surface area contributed by atoms with E-state index in [4.69, 9.17) is 4.74 Å². The SMILES string of the molecule is CCn1cc(C(C)NCC(F)(F)CNC(=O)OC(C)(C)C)cn1. The summed E-state index contributed by atoms with van der Waals surface area (Å²) in [4.78, 5) is 11.4. The third-order valence-corrected chi connectivity index (χ3v) is 3.03. The van der Waals surface area contributed by atoms with Crippen LogP contribution in [-0.4, -0.2) is 40.5 Å². The lowest BCUT2D eigenvalue weighted by Gasteiger charge is -2.23. The van der Waals surface area contributed by atoms with Crippen molar-refractivity contribution >= 4 is 6.09 Å². The number of carbonyl (C=O) groups is 1. The molecule has 0 aromatic carbocycles. The summed E-state index contributed by atoms with van der Waals surface area (Å²) in [5.41, 5.74) is 0.119. The van der Waals surface area contributed by atoms with Crippen LogP contribution in [0.4, 0.5) is 13.6 Å². The summed E-state index contributed by atoms with van der Waals surface area (Å²) in [7, 11) is 0. The summed E-state index contributed by atoms with van der Waals surface area (Å²) in [6, 6.07) is -0.261. The Kier molecular flexibility index (Phi) is 6.49. The Morgan fingerprint density at radius 1 is 1.39 bits per heavy atom. The zero-order valence-electron chi connectivity index (χ0n) is 14.3. The van der Waals surface area contributed by atoms with E-state index in [1.807, 2.05) is 13.1 Å². The minimum Gasteiger partial charge on any atom is -0.444 e.